The van der Waals surface area contributed by atoms with Crippen LogP contribution in [0.15, 0.2) is 47.5 Å². The van der Waals surface area contributed by atoms with Gasteiger partial charge in [0.2, 0.25) is 0 Å². The highest BCUT2D eigenvalue weighted by atomic mass is 127. The normalized spacial score (nSPS) is 10.6. The summed E-state index contributed by atoms with van der Waals surface area (Å²) in [5.74, 6) is -0.144. The summed E-state index contributed by atoms with van der Waals surface area (Å²) in [5.41, 5.74) is 1.40. The van der Waals surface area contributed by atoms with Crippen LogP contribution in [0.5, 0.6) is 0 Å². The summed E-state index contributed by atoms with van der Waals surface area (Å²) in [6.07, 6.45) is 0.506. The zero-order chi connectivity index (χ0) is 17.4. The first-order valence-corrected chi connectivity index (χ1v) is 7.50. The molecule has 7 heteroatoms. The van der Waals surface area contributed by atoms with Gasteiger partial charge in [-0.1, -0.05) is 18.2 Å². The Hall–Kier alpha value is -2.21. The number of aliphatic imine (C=N–C) groups is 1. The molecule has 0 saturated heterocycles. The quantitative estimate of drug-likeness (QED) is 0.412. The second-order valence-electron chi connectivity index (χ2n) is 5.11. The summed E-state index contributed by atoms with van der Waals surface area (Å²) in [4.78, 5) is 4.04. The molecule has 0 atom stereocenters. The molecule has 0 radical (unpaired) electrons. The van der Waals surface area contributed by atoms with Crippen molar-refractivity contribution >= 4 is 29.9 Å². The fourth-order valence-electron chi connectivity index (χ4n) is 2.20. The van der Waals surface area contributed by atoms with Gasteiger partial charge in [0.15, 0.2) is 5.96 Å². The predicted octanol–water partition coefficient (Wildman–Crippen LogP) is 3.36. The van der Waals surface area contributed by atoms with Gasteiger partial charge in [0.25, 0.3) is 0 Å². The summed E-state index contributed by atoms with van der Waals surface area (Å²) in [6, 6.07) is 12.8. The maximum absolute atomic E-state index is 13.7. The van der Waals surface area contributed by atoms with E-state index in [-0.39, 0.29) is 42.2 Å². The van der Waals surface area contributed by atoms with E-state index in [1.54, 1.807) is 25.2 Å². The van der Waals surface area contributed by atoms with Crippen molar-refractivity contribution in [1.82, 2.24) is 10.6 Å². The van der Waals surface area contributed by atoms with Crippen LogP contribution in [0.2, 0.25) is 0 Å². The largest absolute Gasteiger partial charge is 0.356 e. The summed E-state index contributed by atoms with van der Waals surface area (Å²) in [5, 5.41) is 14.9. The average molecular weight is 456 g/mol. The highest BCUT2D eigenvalue weighted by Gasteiger charge is 2.06. The third-order valence-corrected chi connectivity index (χ3v) is 3.49. The van der Waals surface area contributed by atoms with Crippen molar-refractivity contribution in [3.05, 3.63) is 70.8 Å². The number of guanidine groups is 1. The van der Waals surface area contributed by atoms with Gasteiger partial charge in [0.05, 0.1) is 11.6 Å². The van der Waals surface area contributed by atoms with Crippen molar-refractivity contribution in [2.24, 2.45) is 4.99 Å². The van der Waals surface area contributed by atoms with Crippen LogP contribution >= 0.6 is 24.0 Å². The number of hydrogen-bond acceptors (Lipinski definition) is 2. The van der Waals surface area contributed by atoms with E-state index in [0.29, 0.717) is 35.6 Å². The maximum atomic E-state index is 13.7. The molecule has 0 aliphatic heterocycles. The number of nitriles is 1. The number of nitrogens with one attached hydrogen (secondary N) is 2. The first-order valence-electron chi connectivity index (χ1n) is 7.50. The van der Waals surface area contributed by atoms with E-state index in [9.17, 15) is 8.78 Å². The second kappa shape index (κ2) is 10.6. The molecule has 2 aromatic carbocycles. The van der Waals surface area contributed by atoms with E-state index in [4.69, 9.17) is 5.26 Å². The molecule has 0 bridgehead atoms. The number of halogens is 3. The highest BCUT2D eigenvalue weighted by molar-refractivity contribution is 14.0. The number of rotatable bonds is 5. The number of hydrogen-bond donors (Lipinski definition) is 2. The Balaban J connectivity index is 0.00000312. The molecule has 2 N–H and O–H groups in total. The van der Waals surface area contributed by atoms with Crippen molar-refractivity contribution in [2.75, 3.05) is 13.6 Å². The van der Waals surface area contributed by atoms with Gasteiger partial charge in [0, 0.05) is 25.7 Å². The minimum atomic E-state index is -0.386. The van der Waals surface area contributed by atoms with E-state index >= 15 is 0 Å². The van der Waals surface area contributed by atoms with E-state index in [1.807, 2.05) is 6.07 Å². The van der Waals surface area contributed by atoms with Crippen molar-refractivity contribution in [2.45, 2.75) is 13.0 Å². The lowest BCUT2D eigenvalue weighted by Crippen LogP contribution is -2.38. The minimum Gasteiger partial charge on any atom is -0.356 e. The lowest BCUT2D eigenvalue weighted by atomic mass is 10.1. The fourth-order valence-corrected chi connectivity index (χ4v) is 2.20. The summed E-state index contributed by atoms with van der Waals surface area (Å²) >= 11 is 0. The summed E-state index contributed by atoms with van der Waals surface area (Å²) in [6.45, 7) is 0.683. The lowest BCUT2D eigenvalue weighted by molar-refractivity contribution is 0.601. The van der Waals surface area contributed by atoms with Gasteiger partial charge in [-0.05, 0) is 36.2 Å². The standard InChI is InChI=1S/C18H18F2N4.HI/c1-22-18(23-9-8-14-4-2-3-5-16(14)19)24-12-15-10-13(11-21)6-7-17(15)20;/h2-7,10H,8-9,12H2,1H3,(H2,22,23,24);1H. The minimum absolute atomic E-state index is 0. The lowest BCUT2D eigenvalue weighted by Gasteiger charge is -2.12. The number of benzene rings is 2. The van der Waals surface area contributed by atoms with Crippen LogP contribution in [0.25, 0.3) is 0 Å². The zero-order valence-corrected chi connectivity index (χ0v) is 16.1. The Bertz CT molecular complexity index is 772. The Kier molecular flexibility index (Phi) is 8.84. The van der Waals surface area contributed by atoms with Crippen molar-refractivity contribution < 1.29 is 8.78 Å². The molecule has 132 valence electrons. The first kappa shape index (κ1) is 20.8. The molecule has 0 heterocycles. The second-order valence-corrected chi connectivity index (χ2v) is 5.11. The van der Waals surface area contributed by atoms with Gasteiger partial charge < -0.3 is 10.6 Å². The molecule has 4 nitrogen and oxygen atoms in total. The number of nitrogens with zero attached hydrogens (tertiary/aromatic N) is 2. The van der Waals surface area contributed by atoms with Gasteiger partial charge >= 0.3 is 0 Å². The first-order chi connectivity index (χ1) is 11.6. The molecule has 2 rings (SSSR count). The van der Waals surface area contributed by atoms with E-state index < -0.39 is 0 Å². The van der Waals surface area contributed by atoms with E-state index in [0.717, 1.165) is 0 Å². The molecular formula is C18H19F2IN4. The Morgan fingerprint density at radius 2 is 1.80 bits per heavy atom. The van der Waals surface area contributed by atoms with Gasteiger partial charge in [-0.25, -0.2) is 8.78 Å². The van der Waals surface area contributed by atoms with Gasteiger partial charge in [-0.15, -0.1) is 24.0 Å². The van der Waals surface area contributed by atoms with Crippen molar-refractivity contribution in [1.29, 1.82) is 5.26 Å². The molecule has 25 heavy (non-hydrogen) atoms. The third kappa shape index (κ3) is 6.31. The Morgan fingerprint density at radius 3 is 2.48 bits per heavy atom. The monoisotopic (exact) mass is 456 g/mol. The van der Waals surface area contributed by atoms with Crippen LogP contribution in [0.3, 0.4) is 0 Å². The van der Waals surface area contributed by atoms with Crippen LogP contribution in [-0.4, -0.2) is 19.6 Å². The zero-order valence-electron chi connectivity index (χ0n) is 13.7. The van der Waals surface area contributed by atoms with Crippen molar-refractivity contribution in [3.63, 3.8) is 0 Å². The smallest absolute Gasteiger partial charge is 0.191 e. The highest BCUT2D eigenvalue weighted by Crippen LogP contribution is 2.10. The SMILES string of the molecule is CN=C(NCCc1ccccc1F)NCc1cc(C#N)ccc1F.I. The van der Waals surface area contributed by atoms with Crippen LogP contribution in [0, 0.1) is 23.0 Å². The maximum Gasteiger partial charge on any atom is 0.191 e. The Labute approximate surface area is 163 Å². The van der Waals surface area contributed by atoms with Gasteiger partial charge in [-0.3, -0.25) is 4.99 Å². The van der Waals surface area contributed by atoms with Crippen molar-refractivity contribution in [3.8, 4) is 6.07 Å². The van der Waals surface area contributed by atoms with E-state index in [2.05, 4.69) is 15.6 Å². The molecule has 0 fully saturated rings. The van der Waals surface area contributed by atoms with Crippen LogP contribution in [0.4, 0.5) is 8.78 Å². The van der Waals surface area contributed by atoms with Gasteiger partial charge in [0.1, 0.15) is 11.6 Å². The van der Waals surface area contributed by atoms with Crippen LogP contribution in [0.1, 0.15) is 16.7 Å². The summed E-state index contributed by atoms with van der Waals surface area (Å²) < 4.78 is 27.3. The van der Waals surface area contributed by atoms with Gasteiger partial charge in [-0.2, -0.15) is 5.26 Å². The third-order valence-electron chi connectivity index (χ3n) is 3.49. The van der Waals surface area contributed by atoms with Crippen LogP contribution < -0.4 is 10.6 Å². The molecule has 2 aromatic rings. The molecule has 0 amide bonds. The Morgan fingerprint density at radius 1 is 1.08 bits per heavy atom. The molecule has 0 aliphatic rings. The van der Waals surface area contributed by atoms with E-state index in [1.165, 1.54) is 24.3 Å². The molecular weight excluding hydrogens is 437 g/mol. The molecule has 0 saturated carbocycles. The molecule has 0 unspecified atom stereocenters. The summed E-state index contributed by atoms with van der Waals surface area (Å²) in [7, 11) is 1.60. The molecule has 0 aliphatic carbocycles. The van der Waals surface area contributed by atoms with Crippen LogP contribution in [-0.2, 0) is 13.0 Å². The topological polar surface area (TPSA) is 60.2 Å². The predicted molar refractivity (Wildman–Crippen MR) is 105 cm³/mol. The fraction of sp³-hybridized carbons (Fsp3) is 0.222. The molecule has 0 spiro atoms. The molecule has 0 aromatic heterocycles. The average Bonchev–Trinajstić information content (AvgIpc) is 2.60.